The molecule has 5 rings (SSSR count). The van der Waals surface area contributed by atoms with Gasteiger partial charge in [0.2, 0.25) is 0 Å². The number of amides is 2. The number of aromatic nitrogens is 6. The second-order valence-electron chi connectivity index (χ2n) is 8.41. The molecule has 5 heterocycles. The highest BCUT2D eigenvalue weighted by atomic mass is 16.5. The maximum atomic E-state index is 12.0. The fraction of sp³-hybridized carbons (Fsp3) is 0.304. The summed E-state index contributed by atoms with van der Waals surface area (Å²) in [5.41, 5.74) is 2.72. The van der Waals surface area contributed by atoms with Crippen LogP contribution in [-0.2, 0) is 7.05 Å². The van der Waals surface area contributed by atoms with Crippen LogP contribution in [0.25, 0.3) is 16.8 Å². The maximum Gasteiger partial charge on any atom is 0.407 e. The zero-order valence-corrected chi connectivity index (χ0v) is 20.0. The fourth-order valence-corrected chi connectivity index (χ4v) is 4.11. The lowest BCUT2D eigenvalue weighted by atomic mass is 10.1. The maximum absolute atomic E-state index is 12.0. The lowest BCUT2D eigenvalue weighted by Gasteiger charge is -2.38. The van der Waals surface area contributed by atoms with E-state index in [-0.39, 0.29) is 24.2 Å². The second kappa shape index (κ2) is 9.17. The molecule has 1 aliphatic rings. The van der Waals surface area contributed by atoms with E-state index in [1.165, 1.54) is 4.90 Å². The Morgan fingerprint density at radius 2 is 2.06 bits per heavy atom. The number of ether oxygens (including phenoxy) is 1. The van der Waals surface area contributed by atoms with Crippen LogP contribution in [-0.4, -0.2) is 77.6 Å². The highest BCUT2D eigenvalue weighted by molar-refractivity contribution is 5.92. The molecule has 1 atom stereocenters. The predicted octanol–water partition coefficient (Wildman–Crippen LogP) is 2.07. The summed E-state index contributed by atoms with van der Waals surface area (Å²) in [5, 5.41) is 23.8. The van der Waals surface area contributed by atoms with Crippen LogP contribution in [0.2, 0.25) is 0 Å². The molecule has 3 N–H and O–H groups in total. The number of hydrogen-bond donors (Lipinski definition) is 3. The number of anilines is 2. The van der Waals surface area contributed by atoms with Gasteiger partial charge >= 0.3 is 6.09 Å². The molecular formula is C23H25N9O4. The van der Waals surface area contributed by atoms with Gasteiger partial charge in [-0.3, -0.25) is 9.48 Å². The van der Waals surface area contributed by atoms with Crippen molar-refractivity contribution in [2.45, 2.75) is 19.4 Å². The molecule has 0 aromatic carbocycles. The van der Waals surface area contributed by atoms with Crippen LogP contribution >= 0.6 is 0 Å². The van der Waals surface area contributed by atoms with Crippen LogP contribution in [0.3, 0.4) is 0 Å². The van der Waals surface area contributed by atoms with Gasteiger partial charge in [-0.15, -0.1) is 0 Å². The molecule has 4 aromatic heterocycles. The third-order valence-electron chi connectivity index (χ3n) is 6.02. The normalized spacial score (nSPS) is 15.0. The number of pyridine rings is 1. The highest BCUT2D eigenvalue weighted by Gasteiger charge is 2.32. The largest absolute Gasteiger partial charge is 0.487 e. The molecule has 1 saturated heterocycles. The van der Waals surface area contributed by atoms with E-state index in [0.717, 1.165) is 23.2 Å². The third kappa shape index (κ3) is 4.37. The molecule has 186 valence electrons. The number of nitrogens with one attached hydrogen (secondary N) is 2. The molecule has 0 bridgehead atoms. The lowest BCUT2D eigenvalue weighted by Crippen LogP contribution is -2.53. The van der Waals surface area contributed by atoms with E-state index in [9.17, 15) is 14.7 Å². The van der Waals surface area contributed by atoms with Crippen molar-refractivity contribution in [2.24, 2.45) is 7.05 Å². The Balaban J connectivity index is 1.37. The van der Waals surface area contributed by atoms with Crippen molar-refractivity contribution in [3.05, 3.63) is 48.2 Å². The van der Waals surface area contributed by atoms with Crippen LogP contribution in [0.15, 0.2) is 36.7 Å². The number of rotatable bonds is 7. The van der Waals surface area contributed by atoms with Crippen LogP contribution in [0, 0.1) is 6.92 Å². The molecule has 0 aliphatic carbocycles. The van der Waals surface area contributed by atoms with Gasteiger partial charge in [-0.1, -0.05) is 0 Å². The van der Waals surface area contributed by atoms with E-state index in [1.807, 2.05) is 31.4 Å². The Hall–Kier alpha value is -4.68. The standard InChI is InChI=1S/C23H25N9O4/c1-13-26-17(22(33)24-2)10-19(27-13)28-20-9-16-8-14(4-7-32(16)29-20)21-18(11-25-30(21)3)36-12-15-5-6-31(15)23(34)35/h4,7-11,15H,5-6,12H2,1-3H3,(H,24,33)(H,34,35)(H,26,27,28,29). The van der Waals surface area contributed by atoms with Gasteiger partial charge < -0.3 is 25.4 Å². The van der Waals surface area contributed by atoms with Crippen molar-refractivity contribution in [1.82, 2.24) is 39.6 Å². The molecule has 0 spiro atoms. The molecule has 13 nitrogen and oxygen atoms in total. The molecular weight excluding hydrogens is 466 g/mol. The summed E-state index contributed by atoms with van der Waals surface area (Å²) >= 11 is 0. The SMILES string of the molecule is CNC(=O)c1cc(Nc2cc3cc(-c4c(OCC5CCN5C(=O)O)cnn4C)ccn3n2)nc(C)n1. The number of hydrogen-bond acceptors (Lipinski definition) is 8. The van der Waals surface area contributed by atoms with E-state index >= 15 is 0 Å². The van der Waals surface area contributed by atoms with Crippen LogP contribution in [0.1, 0.15) is 22.7 Å². The van der Waals surface area contributed by atoms with Crippen molar-refractivity contribution in [3.8, 4) is 17.0 Å². The molecule has 0 saturated carbocycles. The smallest absolute Gasteiger partial charge is 0.407 e. The number of carbonyl (C=O) groups excluding carboxylic acids is 1. The van der Waals surface area contributed by atoms with E-state index in [2.05, 4.69) is 30.8 Å². The summed E-state index contributed by atoms with van der Waals surface area (Å²) in [6.45, 7) is 2.51. The number of carboxylic acid groups (broad SMARTS) is 1. The van der Waals surface area contributed by atoms with Gasteiger partial charge in [0.25, 0.3) is 5.91 Å². The molecule has 1 fully saturated rings. The van der Waals surface area contributed by atoms with Gasteiger partial charge in [0.1, 0.15) is 29.6 Å². The van der Waals surface area contributed by atoms with Gasteiger partial charge in [0, 0.05) is 44.5 Å². The Kier molecular flexibility index (Phi) is 5.88. The summed E-state index contributed by atoms with van der Waals surface area (Å²) in [5.74, 6) is 1.74. The van der Waals surface area contributed by atoms with Crippen LogP contribution < -0.4 is 15.4 Å². The number of aryl methyl sites for hydroxylation is 2. The number of likely N-dealkylation sites (tertiary alicyclic amines) is 1. The van der Waals surface area contributed by atoms with Crippen molar-refractivity contribution in [3.63, 3.8) is 0 Å². The minimum atomic E-state index is -0.932. The van der Waals surface area contributed by atoms with Gasteiger partial charge in [-0.2, -0.15) is 10.2 Å². The summed E-state index contributed by atoms with van der Waals surface area (Å²) < 4.78 is 9.41. The molecule has 1 aliphatic heterocycles. The summed E-state index contributed by atoms with van der Waals surface area (Å²) in [7, 11) is 3.37. The van der Waals surface area contributed by atoms with E-state index in [4.69, 9.17) is 4.74 Å². The topological polar surface area (TPSA) is 152 Å². The minimum Gasteiger partial charge on any atom is -0.487 e. The Bertz CT molecular complexity index is 1460. The minimum absolute atomic E-state index is 0.157. The fourth-order valence-electron chi connectivity index (χ4n) is 4.11. The second-order valence-corrected chi connectivity index (χ2v) is 8.41. The monoisotopic (exact) mass is 491 g/mol. The van der Waals surface area contributed by atoms with E-state index in [0.29, 0.717) is 29.8 Å². The van der Waals surface area contributed by atoms with E-state index < -0.39 is 6.09 Å². The summed E-state index contributed by atoms with van der Waals surface area (Å²) in [6.07, 6.45) is 3.30. The quantitative estimate of drug-likeness (QED) is 0.353. The highest BCUT2D eigenvalue weighted by Crippen LogP contribution is 2.31. The van der Waals surface area contributed by atoms with Crippen LogP contribution in [0.5, 0.6) is 5.75 Å². The lowest BCUT2D eigenvalue weighted by molar-refractivity contribution is 0.0500. The average Bonchev–Trinajstić information content (AvgIpc) is 3.38. The first-order valence-electron chi connectivity index (χ1n) is 11.3. The zero-order valence-electron chi connectivity index (χ0n) is 20.0. The molecule has 36 heavy (non-hydrogen) atoms. The predicted molar refractivity (Wildman–Crippen MR) is 129 cm³/mol. The van der Waals surface area contributed by atoms with Crippen molar-refractivity contribution in [2.75, 3.05) is 25.5 Å². The number of fused-ring (bicyclic) bond motifs is 1. The third-order valence-corrected chi connectivity index (χ3v) is 6.02. The van der Waals surface area contributed by atoms with Crippen LogP contribution in [0.4, 0.5) is 16.4 Å². The first-order valence-corrected chi connectivity index (χ1v) is 11.3. The zero-order chi connectivity index (χ0) is 25.4. The van der Waals surface area contributed by atoms with Gasteiger partial charge in [-0.05, 0) is 25.5 Å². The molecule has 13 heteroatoms. The number of nitrogens with zero attached hydrogens (tertiary/aromatic N) is 7. The summed E-state index contributed by atoms with van der Waals surface area (Å²) in [4.78, 5) is 33.1. The molecule has 1 unspecified atom stereocenters. The van der Waals surface area contributed by atoms with Crippen molar-refractivity contribution in [1.29, 1.82) is 0 Å². The Morgan fingerprint density at radius 3 is 2.78 bits per heavy atom. The average molecular weight is 492 g/mol. The molecule has 4 aromatic rings. The Labute approximate surface area is 205 Å². The van der Waals surface area contributed by atoms with E-state index in [1.54, 1.807) is 35.4 Å². The van der Waals surface area contributed by atoms with Crippen molar-refractivity contribution < 1.29 is 19.4 Å². The first kappa shape index (κ1) is 23.1. The first-order chi connectivity index (χ1) is 17.3. The molecule has 2 amide bonds. The Morgan fingerprint density at radius 1 is 1.22 bits per heavy atom. The van der Waals surface area contributed by atoms with Gasteiger partial charge in [-0.25, -0.2) is 19.3 Å². The van der Waals surface area contributed by atoms with Gasteiger partial charge in [0.05, 0.1) is 17.8 Å². The summed E-state index contributed by atoms with van der Waals surface area (Å²) in [6, 6.07) is 7.12. The molecule has 0 radical (unpaired) electrons. The van der Waals surface area contributed by atoms with Gasteiger partial charge in [0.15, 0.2) is 11.6 Å². The number of carbonyl (C=O) groups is 2. The van der Waals surface area contributed by atoms with Crippen molar-refractivity contribution >= 4 is 29.2 Å².